The predicted molar refractivity (Wildman–Crippen MR) is 172 cm³/mol. The van der Waals surface area contributed by atoms with Crippen molar-refractivity contribution in [3.63, 3.8) is 0 Å². The van der Waals surface area contributed by atoms with Crippen LogP contribution in [0, 0.1) is 5.92 Å². The Morgan fingerprint density at radius 2 is 1.84 bits per heavy atom. The van der Waals surface area contributed by atoms with Crippen LogP contribution in [0.25, 0.3) is 10.8 Å². The summed E-state index contributed by atoms with van der Waals surface area (Å²) in [6.45, 7) is 7.49. The smallest absolute Gasteiger partial charge is 0.323 e. The number of urea groups is 1. The number of hydrogen-bond donors (Lipinski definition) is 3. The number of anilines is 2. The van der Waals surface area contributed by atoms with Crippen LogP contribution in [-0.4, -0.2) is 85.5 Å². The van der Waals surface area contributed by atoms with E-state index < -0.39 is 12.1 Å². The highest BCUT2D eigenvalue weighted by Crippen LogP contribution is 2.29. The molecule has 0 bridgehead atoms. The van der Waals surface area contributed by atoms with Gasteiger partial charge in [-0.3, -0.25) is 4.79 Å². The molecule has 0 radical (unpaired) electrons. The number of rotatable bonds is 6. The molecule has 3 aromatic carbocycles. The zero-order valence-electron chi connectivity index (χ0n) is 26.0. The predicted octanol–water partition coefficient (Wildman–Crippen LogP) is 5.84. The Morgan fingerprint density at radius 3 is 2.60 bits per heavy atom. The van der Waals surface area contributed by atoms with Gasteiger partial charge in [0.05, 0.1) is 36.1 Å². The van der Waals surface area contributed by atoms with Gasteiger partial charge in [0.1, 0.15) is 5.75 Å². The van der Waals surface area contributed by atoms with Crippen LogP contribution < -0.4 is 15.4 Å². The number of fused-ring (bicyclic) bond motifs is 2. The summed E-state index contributed by atoms with van der Waals surface area (Å²) in [4.78, 5) is 31.1. The van der Waals surface area contributed by atoms with Crippen molar-refractivity contribution >= 4 is 34.1 Å². The fraction of sp³-hybridized carbons (Fsp3) is 0.471. The third-order valence-corrected chi connectivity index (χ3v) is 7.89. The number of amides is 3. The fourth-order valence-corrected chi connectivity index (χ4v) is 5.44. The molecular formula is C34H46N4O5. The van der Waals surface area contributed by atoms with Crippen molar-refractivity contribution in [3.8, 4) is 5.75 Å². The molecule has 0 aliphatic carbocycles. The summed E-state index contributed by atoms with van der Waals surface area (Å²) in [7, 11) is 4.03. The van der Waals surface area contributed by atoms with E-state index in [1.165, 1.54) is 0 Å². The number of aliphatic hydroxyl groups is 1. The van der Waals surface area contributed by atoms with Crippen molar-refractivity contribution in [2.45, 2.75) is 58.3 Å². The number of nitrogens with one attached hydrogen (secondary N) is 2. The lowest BCUT2D eigenvalue weighted by Gasteiger charge is -2.35. The first kappa shape index (κ1) is 32.3. The average molecular weight is 591 g/mol. The van der Waals surface area contributed by atoms with Crippen molar-refractivity contribution < 1.29 is 24.2 Å². The number of nitrogens with zero attached hydrogens (tertiary/aromatic N) is 2. The molecule has 1 aliphatic heterocycles. The Labute approximate surface area is 255 Å². The second-order valence-electron chi connectivity index (χ2n) is 11.9. The average Bonchev–Trinajstić information content (AvgIpc) is 2.98. The van der Waals surface area contributed by atoms with E-state index in [1.807, 2.05) is 70.4 Å². The molecule has 1 aliphatic rings. The van der Waals surface area contributed by atoms with E-state index in [0.29, 0.717) is 35.8 Å². The van der Waals surface area contributed by atoms with Crippen molar-refractivity contribution in [1.29, 1.82) is 0 Å². The Balaban J connectivity index is 1.63. The van der Waals surface area contributed by atoms with E-state index in [-0.39, 0.29) is 30.6 Å². The van der Waals surface area contributed by atoms with Gasteiger partial charge in [-0.25, -0.2) is 4.79 Å². The van der Waals surface area contributed by atoms with E-state index in [2.05, 4.69) is 22.5 Å². The van der Waals surface area contributed by atoms with E-state index in [0.717, 1.165) is 36.6 Å². The number of carbonyl (C=O) groups is 2. The van der Waals surface area contributed by atoms with Gasteiger partial charge in [0.2, 0.25) is 0 Å². The van der Waals surface area contributed by atoms with Crippen LogP contribution in [0.2, 0.25) is 0 Å². The van der Waals surface area contributed by atoms with Crippen LogP contribution in [0.15, 0.2) is 60.7 Å². The van der Waals surface area contributed by atoms with E-state index in [9.17, 15) is 14.7 Å². The van der Waals surface area contributed by atoms with Crippen LogP contribution in [0.4, 0.5) is 16.2 Å². The number of likely N-dealkylation sites (N-methyl/N-ethyl adjacent to an activating group) is 1. The minimum absolute atomic E-state index is 0.0133. The quantitative estimate of drug-likeness (QED) is 0.333. The number of hydrogen-bond acceptors (Lipinski definition) is 6. The third kappa shape index (κ3) is 8.69. The molecule has 232 valence electrons. The molecule has 3 N–H and O–H groups in total. The zero-order chi connectivity index (χ0) is 30.9. The lowest BCUT2D eigenvalue weighted by Crippen LogP contribution is -2.47. The summed E-state index contributed by atoms with van der Waals surface area (Å²) < 4.78 is 12.6. The highest BCUT2D eigenvalue weighted by atomic mass is 16.5. The van der Waals surface area contributed by atoms with Crippen LogP contribution >= 0.6 is 0 Å². The van der Waals surface area contributed by atoms with E-state index >= 15 is 0 Å². The van der Waals surface area contributed by atoms with Gasteiger partial charge in [0.25, 0.3) is 5.91 Å². The molecule has 43 heavy (non-hydrogen) atoms. The molecule has 0 unspecified atom stereocenters. The van der Waals surface area contributed by atoms with Crippen molar-refractivity contribution in [3.05, 3.63) is 66.2 Å². The molecule has 3 amide bonds. The summed E-state index contributed by atoms with van der Waals surface area (Å²) >= 11 is 0. The Hall–Kier alpha value is -3.66. The third-order valence-electron chi connectivity index (χ3n) is 7.89. The zero-order valence-corrected chi connectivity index (χ0v) is 26.0. The first-order chi connectivity index (χ1) is 20.7. The number of benzene rings is 3. The highest BCUT2D eigenvalue weighted by molar-refractivity contribution is 6.07. The molecule has 3 aromatic rings. The number of carbonyl (C=O) groups excluding carboxylic acids is 2. The van der Waals surface area contributed by atoms with Crippen molar-refractivity contribution in [2.75, 3.05) is 51.0 Å². The van der Waals surface area contributed by atoms with E-state index in [4.69, 9.17) is 9.47 Å². The van der Waals surface area contributed by atoms with Gasteiger partial charge in [-0.05, 0) is 76.9 Å². The van der Waals surface area contributed by atoms with Gasteiger partial charge >= 0.3 is 6.03 Å². The van der Waals surface area contributed by atoms with Crippen molar-refractivity contribution in [1.82, 2.24) is 9.80 Å². The molecule has 0 fully saturated rings. The van der Waals surface area contributed by atoms with Crippen LogP contribution in [-0.2, 0) is 4.74 Å². The maximum Gasteiger partial charge on any atom is 0.323 e. The Morgan fingerprint density at radius 1 is 1.07 bits per heavy atom. The molecular weight excluding hydrogens is 544 g/mol. The number of ether oxygens (including phenoxy) is 2. The maximum atomic E-state index is 14.2. The van der Waals surface area contributed by atoms with Crippen molar-refractivity contribution in [2.24, 2.45) is 5.92 Å². The Bertz CT molecular complexity index is 1370. The minimum Gasteiger partial charge on any atom is -0.490 e. The van der Waals surface area contributed by atoms with Gasteiger partial charge in [-0.15, -0.1) is 0 Å². The van der Waals surface area contributed by atoms with E-state index in [1.54, 1.807) is 23.1 Å². The van der Waals surface area contributed by atoms with Gasteiger partial charge in [0.15, 0.2) is 0 Å². The van der Waals surface area contributed by atoms with Crippen LogP contribution in [0.3, 0.4) is 0 Å². The summed E-state index contributed by atoms with van der Waals surface area (Å²) in [6.07, 6.45) is 2.48. The molecule has 9 nitrogen and oxygen atoms in total. The number of aliphatic hydroxyl groups excluding tert-OH is 1. The molecule has 4 atom stereocenters. The molecule has 0 saturated heterocycles. The topological polar surface area (TPSA) is 103 Å². The van der Waals surface area contributed by atoms with Gasteiger partial charge in [-0.1, -0.05) is 43.3 Å². The van der Waals surface area contributed by atoms with Gasteiger partial charge < -0.3 is 35.0 Å². The molecule has 4 rings (SSSR count). The van der Waals surface area contributed by atoms with Crippen LogP contribution in [0.5, 0.6) is 5.75 Å². The first-order valence-corrected chi connectivity index (χ1v) is 15.2. The second kappa shape index (κ2) is 15.2. The minimum atomic E-state index is -0.431. The second-order valence-corrected chi connectivity index (χ2v) is 11.9. The standard InChI is InChI=1S/C34H46N4O5/c1-23-20-38(24(2)22-39)33(40)29-19-27(35-34(41)36-30-15-10-13-26-12-6-7-14-28(26)30)16-17-31(29)43-25(3)11-8-9-18-42-32(23)21-37(4)5/h6-7,10,12-17,19,23-25,32,39H,8-9,11,18,20-22H2,1-5H3,(H2,35,36,41)/t23-,24-,25-,32-/m1/s1. The molecule has 0 saturated carbocycles. The molecule has 0 aromatic heterocycles. The lowest BCUT2D eigenvalue weighted by atomic mass is 10.0. The largest absolute Gasteiger partial charge is 0.490 e. The van der Waals surface area contributed by atoms with Crippen LogP contribution in [0.1, 0.15) is 50.4 Å². The molecule has 9 heteroatoms. The SMILES string of the molecule is C[C@@H]1CCCCO[C@H](CN(C)C)[C@H](C)CN([C@H](C)CO)C(=O)c2cc(NC(=O)Nc3cccc4ccccc34)ccc2O1. The Kier molecular flexibility index (Phi) is 11.4. The molecule has 1 heterocycles. The summed E-state index contributed by atoms with van der Waals surface area (Å²) in [5.74, 6) is 0.201. The normalized spacial score (nSPS) is 21.0. The van der Waals surface area contributed by atoms with Gasteiger partial charge in [0, 0.05) is 36.7 Å². The summed E-state index contributed by atoms with van der Waals surface area (Å²) in [5, 5.41) is 17.9. The lowest BCUT2D eigenvalue weighted by molar-refractivity contribution is -0.0137. The highest BCUT2D eigenvalue weighted by Gasteiger charge is 2.30. The maximum absolute atomic E-state index is 14.2. The molecule has 0 spiro atoms. The first-order valence-electron chi connectivity index (χ1n) is 15.2. The summed E-state index contributed by atoms with van der Waals surface area (Å²) in [6, 6.07) is 17.9. The van der Waals surface area contributed by atoms with Gasteiger partial charge in [-0.2, -0.15) is 0 Å². The fourth-order valence-electron chi connectivity index (χ4n) is 5.44. The summed E-state index contributed by atoms with van der Waals surface area (Å²) in [5.41, 5.74) is 1.48. The monoisotopic (exact) mass is 590 g/mol.